The van der Waals surface area contributed by atoms with Crippen LogP contribution in [-0.4, -0.2) is 50.4 Å². The van der Waals surface area contributed by atoms with Gasteiger partial charge in [0.2, 0.25) is 11.8 Å². The van der Waals surface area contributed by atoms with Crippen LogP contribution in [-0.2, 0) is 40.4 Å². The van der Waals surface area contributed by atoms with Crippen LogP contribution in [0, 0.1) is 5.92 Å². The fourth-order valence-electron chi connectivity index (χ4n) is 4.22. The third-order valence-corrected chi connectivity index (χ3v) is 6.92. The Morgan fingerprint density at radius 2 is 2.24 bits per heavy atom. The maximum atomic E-state index is 12.8. The number of thiophene rings is 1. The minimum absolute atomic E-state index is 0.104. The van der Waals surface area contributed by atoms with Crippen molar-refractivity contribution in [1.82, 2.24) is 25.2 Å². The smallest absolute Gasteiger partial charge is 0.227 e. The zero-order valence-electron chi connectivity index (χ0n) is 16.3. The number of hydrogen-bond donors (Lipinski definition) is 1. The molecule has 9 heteroatoms. The fourth-order valence-corrected chi connectivity index (χ4v) is 4.92. The summed E-state index contributed by atoms with van der Waals surface area (Å²) in [4.78, 5) is 27.7. The van der Waals surface area contributed by atoms with E-state index in [9.17, 15) is 9.59 Å². The van der Waals surface area contributed by atoms with Gasteiger partial charge in [-0.1, -0.05) is 11.3 Å². The van der Waals surface area contributed by atoms with Crippen LogP contribution < -0.4 is 5.32 Å². The summed E-state index contributed by atoms with van der Waals surface area (Å²) >= 11 is 1.62. The summed E-state index contributed by atoms with van der Waals surface area (Å²) in [5.74, 6) is 0.441. The number of likely N-dealkylation sites (tertiary alicyclic amines) is 1. The van der Waals surface area contributed by atoms with Crippen molar-refractivity contribution < 1.29 is 14.3 Å². The first-order valence-corrected chi connectivity index (χ1v) is 11.1. The van der Waals surface area contributed by atoms with Crippen LogP contribution in [0.25, 0.3) is 0 Å². The highest BCUT2D eigenvalue weighted by Crippen LogP contribution is 2.33. The normalized spacial score (nSPS) is 23.8. The lowest BCUT2D eigenvalue weighted by molar-refractivity contribution is -0.152. The predicted octanol–water partition coefficient (Wildman–Crippen LogP) is 1.50. The maximum Gasteiger partial charge on any atom is 0.227 e. The van der Waals surface area contributed by atoms with Crippen LogP contribution in [0.2, 0.25) is 0 Å². The molecule has 29 heavy (non-hydrogen) atoms. The minimum atomic E-state index is -0.404. The van der Waals surface area contributed by atoms with Crippen LogP contribution in [0.15, 0.2) is 17.5 Å². The van der Waals surface area contributed by atoms with Gasteiger partial charge in [0.05, 0.1) is 38.4 Å². The fraction of sp³-hybridized carbons (Fsp3) is 0.600. The van der Waals surface area contributed by atoms with Gasteiger partial charge in [-0.15, -0.1) is 16.4 Å². The SMILES string of the molecule is O=C(NCc1nnn2c1COC1(CCCN(C(=O)Cc3cccs3)C1)C2)C1CC1. The zero-order chi connectivity index (χ0) is 19.8. The standard InChI is InChI=1S/C20H25N5O3S/c26-18(9-15-3-1-8-29-15)24-7-2-6-20(12-24)13-25-17(11-28-20)16(22-23-25)10-21-19(27)14-4-5-14/h1,3,8,14H,2,4-7,9-13H2,(H,21,27). The lowest BCUT2D eigenvalue weighted by atomic mass is 9.91. The van der Waals surface area contributed by atoms with Gasteiger partial charge in [-0.05, 0) is 37.1 Å². The Balaban J connectivity index is 1.23. The Hall–Kier alpha value is -2.26. The molecule has 1 N–H and O–H groups in total. The van der Waals surface area contributed by atoms with Crippen LogP contribution in [0.1, 0.15) is 41.9 Å². The molecule has 0 bridgehead atoms. The van der Waals surface area contributed by atoms with Crippen molar-refractivity contribution in [2.45, 2.75) is 57.4 Å². The molecule has 154 valence electrons. The lowest BCUT2D eigenvalue weighted by Gasteiger charge is -2.44. The van der Waals surface area contributed by atoms with Gasteiger partial charge in [0.25, 0.3) is 0 Å². The van der Waals surface area contributed by atoms with E-state index in [2.05, 4.69) is 15.6 Å². The first-order chi connectivity index (χ1) is 14.1. The molecule has 0 aromatic carbocycles. The average molecular weight is 416 g/mol. The quantitative estimate of drug-likeness (QED) is 0.799. The average Bonchev–Trinajstić information content (AvgIpc) is 3.32. The Morgan fingerprint density at radius 3 is 3.03 bits per heavy atom. The molecule has 1 spiro atoms. The van der Waals surface area contributed by atoms with Crippen molar-refractivity contribution in [3.63, 3.8) is 0 Å². The second-order valence-electron chi connectivity index (χ2n) is 8.28. The summed E-state index contributed by atoms with van der Waals surface area (Å²) in [7, 11) is 0. The van der Waals surface area contributed by atoms with Gasteiger partial charge in [0, 0.05) is 17.3 Å². The van der Waals surface area contributed by atoms with E-state index >= 15 is 0 Å². The van der Waals surface area contributed by atoms with Gasteiger partial charge in [-0.2, -0.15) is 0 Å². The monoisotopic (exact) mass is 415 g/mol. The summed E-state index contributed by atoms with van der Waals surface area (Å²) in [5, 5.41) is 13.5. The lowest BCUT2D eigenvalue weighted by Crippen LogP contribution is -2.55. The molecule has 5 rings (SSSR count). The van der Waals surface area contributed by atoms with E-state index < -0.39 is 5.60 Å². The van der Waals surface area contributed by atoms with E-state index in [4.69, 9.17) is 4.74 Å². The molecule has 2 aromatic heterocycles. The molecule has 1 saturated carbocycles. The number of nitrogens with one attached hydrogen (secondary N) is 1. The molecular weight excluding hydrogens is 390 g/mol. The Morgan fingerprint density at radius 1 is 1.34 bits per heavy atom. The molecule has 1 atom stereocenters. The summed E-state index contributed by atoms with van der Waals surface area (Å²) in [6, 6.07) is 3.98. The van der Waals surface area contributed by atoms with E-state index in [1.165, 1.54) is 0 Å². The number of aromatic nitrogens is 3. The molecular formula is C20H25N5O3S. The molecule has 2 fully saturated rings. The summed E-state index contributed by atoms with van der Waals surface area (Å²) < 4.78 is 8.21. The van der Waals surface area contributed by atoms with E-state index in [0.29, 0.717) is 32.7 Å². The largest absolute Gasteiger partial charge is 0.365 e. The van der Waals surface area contributed by atoms with Crippen molar-refractivity contribution in [3.05, 3.63) is 33.8 Å². The molecule has 2 amide bonds. The van der Waals surface area contributed by atoms with Crippen LogP contribution in [0.4, 0.5) is 0 Å². The van der Waals surface area contributed by atoms with Crippen molar-refractivity contribution >= 4 is 23.2 Å². The minimum Gasteiger partial charge on any atom is -0.365 e. The van der Waals surface area contributed by atoms with Crippen LogP contribution in [0.3, 0.4) is 0 Å². The highest BCUT2D eigenvalue weighted by atomic mass is 32.1. The van der Waals surface area contributed by atoms with Gasteiger partial charge in [-0.3, -0.25) is 9.59 Å². The first kappa shape index (κ1) is 18.7. The highest BCUT2D eigenvalue weighted by molar-refractivity contribution is 7.10. The van der Waals surface area contributed by atoms with Crippen molar-refractivity contribution in [2.75, 3.05) is 13.1 Å². The number of piperidine rings is 1. The molecule has 8 nitrogen and oxygen atoms in total. The van der Waals surface area contributed by atoms with Gasteiger partial charge < -0.3 is 15.0 Å². The topological polar surface area (TPSA) is 89.3 Å². The molecule has 1 saturated heterocycles. The number of carbonyl (C=O) groups is 2. The molecule has 1 aliphatic carbocycles. The van der Waals surface area contributed by atoms with Crippen molar-refractivity contribution in [1.29, 1.82) is 0 Å². The Kier molecular flexibility index (Phi) is 4.87. The summed E-state index contributed by atoms with van der Waals surface area (Å²) in [5.41, 5.74) is 1.29. The number of fused-ring (bicyclic) bond motifs is 1. The number of amides is 2. The molecule has 1 unspecified atom stereocenters. The van der Waals surface area contributed by atoms with Crippen LogP contribution >= 0.6 is 11.3 Å². The van der Waals surface area contributed by atoms with Crippen LogP contribution in [0.5, 0.6) is 0 Å². The van der Waals surface area contributed by atoms with E-state index in [-0.39, 0.29) is 17.7 Å². The Labute approximate surface area is 173 Å². The molecule has 2 aromatic rings. The number of hydrogen-bond acceptors (Lipinski definition) is 6. The van der Waals surface area contributed by atoms with Crippen molar-refractivity contribution in [2.24, 2.45) is 5.92 Å². The van der Waals surface area contributed by atoms with Crippen molar-refractivity contribution in [3.8, 4) is 0 Å². The third-order valence-electron chi connectivity index (χ3n) is 6.05. The number of carbonyl (C=O) groups excluding carboxylic acids is 2. The number of ether oxygens (including phenoxy) is 1. The number of rotatable bonds is 5. The van der Waals surface area contributed by atoms with Gasteiger partial charge in [0.15, 0.2) is 0 Å². The Bertz CT molecular complexity index is 907. The maximum absolute atomic E-state index is 12.8. The molecule has 4 heterocycles. The van der Waals surface area contributed by atoms with E-state index in [0.717, 1.165) is 48.5 Å². The molecule has 0 radical (unpaired) electrons. The second-order valence-corrected chi connectivity index (χ2v) is 9.31. The summed E-state index contributed by atoms with van der Waals surface area (Å²) in [6.45, 7) is 2.76. The highest BCUT2D eigenvalue weighted by Gasteiger charge is 2.42. The number of nitrogens with zero attached hydrogens (tertiary/aromatic N) is 4. The van der Waals surface area contributed by atoms with E-state index in [1.54, 1.807) is 11.3 Å². The third kappa shape index (κ3) is 3.93. The predicted molar refractivity (Wildman–Crippen MR) is 106 cm³/mol. The molecule has 3 aliphatic rings. The zero-order valence-corrected chi connectivity index (χ0v) is 17.1. The molecule has 2 aliphatic heterocycles. The van der Waals surface area contributed by atoms with Gasteiger partial charge in [-0.25, -0.2) is 4.68 Å². The second kappa shape index (κ2) is 7.53. The summed E-state index contributed by atoms with van der Waals surface area (Å²) in [6.07, 6.45) is 4.25. The first-order valence-electron chi connectivity index (χ1n) is 10.2. The van der Waals surface area contributed by atoms with Gasteiger partial charge in [0.1, 0.15) is 11.3 Å². The van der Waals surface area contributed by atoms with Gasteiger partial charge >= 0.3 is 0 Å². The van der Waals surface area contributed by atoms with E-state index in [1.807, 2.05) is 27.1 Å².